The second kappa shape index (κ2) is 5.70. The third kappa shape index (κ3) is 3.39. The first-order valence-corrected chi connectivity index (χ1v) is 9.42. The second-order valence-corrected chi connectivity index (χ2v) is 9.86. The molecular weight excluding hydrogens is 422 g/mol. The summed E-state index contributed by atoms with van der Waals surface area (Å²) in [5.41, 5.74) is -1.15. The number of ether oxygens (including phenoxy) is 1. The molecule has 0 radical (unpaired) electrons. The van der Waals surface area contributed by atoms with E-state index in [1.807, 2.05) is 0 Å². The topological polar surface area (TPSA) is 75.6 Å². The molecule has 1 aliphatic heterocycles. The van der Waals surface area contributed by atoms with Crippen LogP contribution in [-0.4, -0.2) is 38.4 Å². The standard InChI is InChI=1S/C10H13Br2NO4S2/c1-6-10(14,2-3-17-6)5-13-19(15,16)7-4-8(11)18-9(7)12/h4,6,13-14H,2-3,5H2,1H3. The predicted molar refractivity (Wildman–Crippen MR) is 79.9 cm³/mol. The molecule has 2 unspecified atom stereocenters. The lowest BCUT2D eigenvalue weighted by atomic mass is 9.97. The van der Waals surface area contributed by atoms with Gasteiger partial charge < -0.3 is 9.84 Å². The van der Waals surface area contributed by atoms with Crippen LogP contribution < -0.4 is 4.72 Å². The molecule has 0 aromatic carbocycles. The third-order valence-electron chi connectivity index (χ3n) is 3.14. The molecule has 2 rings (SSSR count). The van der Waals surface area contributed by atoms with Crippen molar-refractivity contribution in [2.45, 2.75) is 29.9 Å². The van der Waals surface area contributed by atoms with E-state index in [0.29, 0.717) is 16.8 Å². The van der Waals surface area contributed by atoms with E-state index in [2.05, 4.69) is 36.6 Å². The fourth-order valence-electron chi connectivity index (χ4n) is 1.81. The van der Waals surface area contributed by atoms with Crippen molar-refractivity contribution < 1.29 is 18.3 Å². The molecule has 2 heterocycles. The predicted octanol–water partition coefficient (Wildman–Crippen LogP) is 2.09. The van der Waals surface area contributed by atoms with E-state index in [-0.39, 0.29) is 17.5 Å². The number of thiophene rings is 1. The smallest absolute Gasteiger partial charge is 0.242 e. The molecular formula is C10H13Br2NO4S2. The number of hydrogen-bond donors (Lipinski definition) is 2. The van der Waals surface area contributed by atoms with Crippen LogP contribution in [0.3, 0.4) is 0 Å². The van der Waals surface area contributed by atoms with Gasteiger partial charge in [0.25, 0.3) is 0 Å². The molecule has 0 saturated carbocycles. The van der Waals surface area contributed by atoms with Gasteiger partial charge in [0.2, 0.25) is 10.0 Å². The zero-order valence-electron chi connectivity index (χ0n) is 10.0. The first-order valence-electron chi connectivity index (χ1n) is 5.53. The van der Waals surface area contributed by atoms with Crippen LogP contribution in [0.4, 0.5) is 0 Å². The van der Waals surface area contributed by atoms with Crippen molar-refractivity contribution in [1.82, 2.24) is 4.72 Å². The normalized spacial score (nSPS) is 27.9. The average Bonchev–Trinajstić information content (AvgIpc) is 2.82. The molecule has 1 aromatic rings. The van der Waals surface area contributed by atoms with Crippen molar-refractivity contribution in [2.24, 2.45) is 0 Å². The molecule has 0 amide bonds. The summed E-state index contributed by atoms with van der Waals surface area (Å²) >= 11 is 7.73. The summed E-state index contributed by atoms with van der Waals surface area (Å²) < 4.78 is 33.3. The van der Waals surface area contributed by atoms with Gasteiger partial charge in [-0.05, 0) is 44.8 Å². The van der Waals surface area contributed by atoms with Crippen LogP contribution in [0.1, 0.15) is 13.3 Å². The Hall–Kier alpha value is 0.490. The van der Waals surface area contributed by atoms with E-state index in [9.17, 15) is 13.5 Å². The summed E-state index contributed by atoms with van der Waals surface area (Å²) in [6, 6.07) is 1.52. The summed E-state index contributed by atoms with van der Waals surface area (Å²) in [5, 5.41) is 10.3. The van der Waals surface area contributed by atoms with E-state index in [4.69, 9.17) is 4.74 Å². The molecule has 0 aliphatic carbocycles. The second-order valence-electron chi connectivity index (χ2n) is 4.38. The highest BCUT2D eigenvalue weighted by Gasteiger charge is 2.40. The number of aliphatic hydroxyl groups is 1. The summed E-state index contributed by atoms with van der Waals surface area (Å²) in [7, 11) is -3.65. The number of halogens is 2. The van der Waals surface area contributed by atoms with Crippen molar-refractivity contribution >= 4 is 53.2 Å². The molecule has 0 spiro atoms. The van der Waals surface area contributed by atoms with Gasteiger partial charge >= 0.3 is 0 Å². The molecule has 5 nitrogen and oxygen atoms in total. The Labute approximate surface area is 132 Å². The fourth-order valence-corrected chi connectivity index (χ4v) is 6.72. The van der Waals surface area contributed by atoms with Gasteiger partial charge in [0.15, 0.2) is 0 Å². The van der Waals surface area contributed by atoms with Gasteiger partial charge in [-0.3, -0.25) is 0 Å². The van der Waals surface area contributed by atoms with Gasteiger partial charge in [0.1, 0.15) is 10.5 Å². The number of sulfonamides is 1. The summed E-state index contributed by atoms with van der Waals surface area (Å²) in [4.78, 5) is 0.166. The minimum Gasteiger partial charge on any atom is -0.386 e. The highest BCUT2D eigenvalue weighted by Crippen LogP contribution is 2.35. The van der Waals surface area contributed by atoms with Gasteiger partial charge in [-0.2, -0.15) is 0 Å². The molecule has 1 aliphatic rings. The number of rotatable bonds is 4. The van der Waals surface area contributed by atoms with Gasteiger partial charge in [0.05, 0.1) is 13.7 Å². The third-order valence-corrected chi connectivity index (χ3v) is 7.30. The molecule has 1 saturated heterocycles. The van der Waals surface area contributed by atoms with Gasteiger partial charge in [-0.25, -0.2) is 13.1 Å². The Balaban J connectivity index is 2.12. The molecule has 19 heavy (non-hydrogen) atoms. The zero-order chi connectivity index (χ0) is 14.3. The molecule has 1 fully saturated rings. The summed E-state index contributed by atoms with van der Waals surface area (Å²) in [6.45, 7) is 2.11. The van der Waals surface area contributed by atoms with Crippen molar-refractivity contribution in [3.63, 3.8) is 0 Å². The van der Waals surface area contributed by atoms with Crippen LogP contribution in [0.15, 0.2) is 18.5 Å². The van der Waals surface area contributed by atoms with Gasteiger partial charge in [0, 0.05) is 19.6 Å². The van der Waals surface area contributed by atoms with Crippen LogP contribution in [0, 0.1) is 0 Å². The maximum absolute atomic E-state index is 12.2. The van der Waals surface area contributed by atoms with Crippen LogP contribution in [-0.2, 0) is 14.8 Å². The quantitative estimate of drug-likeness (QED) is 0.760. The van der Waals surface area contributed by atoms with Crippen LogP contribution >= 0.6 is 43.2 Å². The zero-order valence-corrected chi connectivity index (χ0v) is 14.8. The van der Waals surface area contributed by atoms with Crippen LogP contribution in [0.5, 0.6) is 0 Å². The summed E-state index contributed by atoms with van der Waals surface area (Å²) in [6.07, 6.45) is 0.0402. The average molecular weight is 435 g/mol. The van der Waals surface area contributed by atoms with Crippen molar-refractivity contribution in [1.29, 1.82) is 0 Å². The molecule has 9 heteroatoms. The van der Waals surface area contributed by atoms with Crippen LogP contribution in [0.2, 0.25) is 0 Å². The minimum absolute atomic E-state index is 0.0591. The van der Waals surface area contributed by atoms with Crippen molar-refractivity contribution in [2.75, 3.05) is 13.2 Å². The maximum Gasteiger partial charge on any atom is 0.242 e. The number of hydrogen-bond acceptors (Lipinski definition) is 5. The molecule has 108 valence electrons. The first kappa shape index (κ1) is 15.9. The van der Waals surface area contributed by atoms with Crippen molar-refractivity contribution in [3.05, 3.63) is 13.6 Å². The van der Waals surface area contributed by atoms with E-state index in [1.165, 1.54) is 17.4 Å². The minimum atomic E-state index is -3.65. The van der Waals surface area contributed by atoms with Gasteiger partial charge in [-0.1, -0.05) is 0 Å². The monoisotopic (exact) mass is 433 g/mol. The molecule has 2 N–H and O–H groups in total. The van der Waals surface area contributed by atoms with Gasteiger partial charge in [-0.15, -0.1) is 11.3 Å². The lowest BCUT2D eigenvalue weighted by molar-refractivity contribution is -0.0228. The van der Waals surface area contributed by atoms with E-state index in [0.717, 1.165) is 3.79 Å². The Morgan fingerprint density at radius 2 is 2.32 bits per heavy atom. The summed E-state index contributed by atoms with van der Waals surface area (Å²) in [5.74, 6) is 0. The Morgan fingerprint density at radius 1 is 1.63 bits per heavy atom. The SMILES string of the molecule is CC1OCCC1(O)CNS(=O)(=O)c1cc(Br)sc1Br. The van der Waals surface area contributed by atoms with E-state index < -0.39 is 15.6 Å². The van der Waals surface area contributed by atoms with Crippen LogP contribution in [0.25, 0.3) is 0 Å². The fraction of sp³-hybridized carbons (Fsp3) is 0.600. The van der Waals surface area contributed by atoms with Crippen molar-refractivity contribution in [3.8, 4) is 0 Å². The number of nitrogens with one attached hydrogen (secondary N) is 1. The Kier molecular flexibility index (Phi) is 4.76. The molecule has 0 bridgehead atoms. The maximum atomic E-state index is 12.2. The first-order chi connectivity index (χ1) is 8.74. The highest BCUT2D eigenvalue weighted by molar-refractivity contribution is 9.12. The largest absolute Gasteiger partial charge is 0.386 e. The lowest BCUT2D eigenvalue weighted by Crippen LogP contribution is -2.47. The molecule has 1 aromatic heterocycles. The lowest BCUT2D eigenvalue weighted by Gasteiger charge is -2.25. The molecule has 2 atom stereocenters. The highest BCUT2D eigenvalue weighted by atomic mass is 79.9. The van der Waals surface area contributed by atoms with E-state index >= 15 is 0 Å². The Bertz CT molecular complexity index is 574. The Morgan fingerprint density at radius 3 is 2.79 bits per heavy atom. The van der Waals surface area contributed by atoms with E-state index in [1.54, 1.807) is 6.92 Å².